The Morgan fingerprint density at radius 1 is 0.771 bits per heavy atom. The van der Waals surface area contributed by atoms with E-state index in [-0.39, 0.29) is 11.0 Å². The van der Waals surface area contributed by atoms with Crippen molar-refractivity contribution in [3.8, 4) is 0 Å². The number of aromatic nitrogens is 1. The average Bonchev–Trinajstić information content (AvgIpc) is 3.76. The fraction of sp³-hybridized carbons (Fsp3) is 0.769. The van der Waals surface area contributed by atoms with Gasteiger partial charge in [0.15, 0.2) is 6.20 Å². The number of rotatable bonds is 28. The van der Waals surface area contributed by atoms with Gasteiger partial charge in [-0.25, -0.2) is 8.42 Å². The summed E-state index contributed by atoms with van der Waals surface area (Å²) in [7, 11) is -4.27. The van der Waals surface area contributed by atoms with E-state index in [1.807, 2.05) is 6.92 Å². The standard InChI is InChI=1S/C32H60NO3S.C7H8O3S/c1-2-3-4-5-6-7-8-9-10-11-12-13-14-15-16-19-24-35-29-32-26-31(28-36-32)27-34-23-20-17-18-21-33-22-25-37-30-33;1-6-2-4-7(5-3-6)11(8,9)10/h22,25,30-32H,2-21,23-24,26-29H2,1H3;2-5H,1H3,(H,8,9,10)/q+1;/p-1/t31-,32-;/m0./s1. The molecule has 3 rings (SSSR count). The van der Waals surface area contributed by atoms with Crippen LogP contribution in [0.3, 0.4) is 0 Å². The molecule has 0 aliphatic carbocycles. The van der Waals surface area contributed by atoms with Crippen LogP contribution in [0.2, 0.25) is 0 Å². The second-order valence-electron chi connectivity index (χ2n) is 13.6. The Bertz CT molecular complexity index is 1090. The fourth-order valence-corrected chi connectivity index (χ4v) is 7.10. The monoisotopic (exact) mass is 709 g/mol. The summed E-state index contributed by atoms with van der Waals surface area (Å²) in [4.78, 5) is -0.178. The van der Waals surface area contributed by atoms with Crippen molar-refractivity contribution in [1.82, 2.24) is 0 Å². The van der Waals surface area contributed by atoms with Gasteiger partial charge in [0.25, 0.3) is 0 Å². The lowest BCUT2D eigenvalue weighted by Gasteiger charge is -2.11. The molecular weight excluding hydrogens is 643 g/mol. The first-order chi connectivity index (χ1) is 23.4. The van der Waals surface area contributed by atoms with Crippen molar-refractivity contribution in [3.63, 3.8) is 0 Å². The first-order valence-electron chi connectivity index (χ1n) is 19.1. The summed E-state index contributed by atoms with van der Waals surface area (Å²) in [6, 6.07) is 5.78. The summed E-state index contributed by atoms with van der Waals surface area (Å²) in [5.41, 5.74) is 3.11. The summed E-state index contributed by atoms with van der Waals surface area (Å²) in [5, 5.41) is 2.13. The second kappa shape index (κ2) is 28.3. The minimum atomic E-state index is -4.27. The molecule has 9 heteroatoms. The van der Waals surface area contributed by atoms with Gasteiger partial charge in [-0.05, 0) is 44.7 Å². The molecule has 48 heavy (non-hydrogen) atoms. The molecule has 0 radical (unpaired) electrons. The highest BCUT2D eigenvalue weighted by Gasteiger charge is 2.25. The molecular formula is C39H67NO6S2. The lowest BCUT2D eigenvalue weighted by Crippen LogP contribution is -2.29. The van der Waals surface area contributed by atoms with Gasteiger partial charge >= 0.3 is 0 Å². The number of ether oxygens (including phenoxy) is 3. The molecule has 1 fully saturated rings. The van der Waals surface area contributed by atoms with Crippen molar-refractivity contribution in [2.24, 2.45) is 5.92 Å². The molecule has 1 aliphatic rings. The molecule has 2 atom stereocenters. The van der Waals surface area contributed by atoms with E-state index in [0.717, 1.165) is 58.0 Å². The van der Waals surface area contributed by atoms with Crippen LogP contribution in [-0.2, 0) is 30.9 Å². The highest BCUT2D eigenvalue weighted by atomic mass is 32.2. The van der Waals surface area contributed by atoms with Crippen LogP contribution in [0.5, 0.6) is 0 Å². The molecule has 1 aliphatic heterocycles. The smallest absolute Gasteiger partial charge is 0.224 e. The quantitative estimate of drug-likeness (QED) is 0.0497. The molecule has 2 heterocycles. The number of nitrogens with zero attached hydrogens (tertiary/aromatic N) is 1. The van der Waals surface area contributed by atoms with E-state index in [2.05, 4.69) is 28.6 Å². The molecule has 1 aromatic heterocycles. The summed E-state index contributed by atoms with van der Waals surface area (Å²) in [5.74, 6) is 0.547. The van der Waals surface area contributed by atoms with Gasteiger partial charge in [0, 0.05) is 25.6 Å². The highest BCUT2D eigenvalue weighted by molar-refractivity contribution is 7.85. The topological polar surface area (TPSA) is 88.8 Å². The van der Waals surface area contributed by atoms with Crippen molar-refractivity contribution >= 4 is 21.5 Å². The van der Waals surface area contributed by atoms with E-state index in [1.165, 1.54) is 128 Å². The van der Waals surface area contributed by atoms with E-state index in [9.17, 15) is 13.0 Å². The Labute approximate surface area is 297 Å². The molecule has 276 valence electrons. The summed E-state index contributed by atoms with van der Waals surface area (Å²) in [6.07, 6.45) is 29.7. The van der Waals surface area contributed by atoms with Gasteiger partial charge in [0.1, 0.15) is 16.7 Å². The first kappa shape index (κ1) is 42.8. The van der Waals surface area contributed by atoms with Crippen molar-refractivity contribution in [3.05, 3.63) is 46.9 Å². The largest absolute Gasteiger partial charge is 0.744 e. The third-order valence-corrected chi connectivity index (χ3v) is 10.5. The molecule has 0 spiro atoms. The van der Waals surface area contributed by atoms with Gasteiger partial charge < -0.3 is 18.8 Å². The van der Waals surface area contributed by atoms with E-state index < -0.39 is 10.1 Å². The van der Waals surface area contributed by atoms with Gasteiger partial charge in [-0.1, -0.05) is 132 Å². The van der Waals surface area contributed by atoms with Gasteiger partial charge in [0.2, 0.25) is 5.51 Å². The Morgan fingerprint density at radius 2 is 1.29 bits per heavy atom. The predicted molar refractivity (Wildman–Crippen MR) is 197 cm³/mol. The van der Waals surface area contributed by atoms with Crippen molar-refractivity contribution in [2.45, 2.75) is 160 Å². The van der Waals surface area contributed by atoms with Crippen LogP contribution >= 0.6 is 11.3 Å². The Morgan fingerprint density at radius 3 is 1.81 bits per heavy atom. The Kier molecular flexibility index (Phi) is 25.3. The summed E-state index contributed by atoms with van der Waals surface area (Å²) in [6.45, 7) is 9.45. The minimum Gasteiger partial charge on any atom is -0.744 e. The molecule has 7 nitrogen and oxygen atoms in total. The highest BCUT2D eigenvalue weighted by Crippen LogP contribution is 2.21. The molecule has 0 saturated carbocycles. The number of hydrogen-bond acceptors (Lipinski definition) is 7. The van der Waals surface area contributed by atoms with Gasteiger partial charge in [0.05, 0.1) is 36.2 Å². The van der Waals surface area contributed by atoms with Gasteiger partial charge in [-0.2, -0.15) is 4.57 Å². The molecule has 2 aromatic rings. The van der Waals surface area contributed by atoms with Crippen LogP contribution in [-0.4, -0.2) is 52.1 Å². The van der Waals surface area contributed by atoms with Crippen LogP contribution in [0.4, 0.5) is 0 Å². The summed E-state index contributed by atoms with van der Waals surface area (Å²) < 4.78 is 51.2. The number of thiazole rings is 1. The molecule has 0 N–H and O–H groups in total. The molecule has 1 aromatic carbocycles. The predicted octanol–water partition coefficient (Wildman–Crippen LogP) is 9.80. The van der Waals surface area contributed by atoms with E-state index in [1.54, 1.807) is 23.5 Å². The fourth-order valence-electron chi connectivity index (χ4n) is 6.00. The van der Waals surface area contributed by atoms with Gasteiger partial charge in [-0.15, -0.1) is 0 Å². The zero-order valence-corrected chi connectivity index (χ0v) is 31.9. The van der Waals surface area contributed by atoms with Crippen LogP contribution in [0.1, 0.15) is 141 Å². The molecule has 0 amide bonds. The lowest BCUT2D eigenvalue weighted by molar-refractivity contribution is -0.692. The average molecular weight is 710 g/mol. The number of benzene rings is 1. The van der Waals surface area contributed by atoms with Gasteiger partial charge in [-0.3, -0.25) is 0 Å². The van der Waals surface area contributed by atoms with E-state index in [4.69, 9.17) is 14.2 Å². The maximum Gasteiger partial charge on any atom is 0.224 e. The minimum absolute atomic E-state index is 0.178. The van der Waals surface area contributed by atoms with Crippen LogP contribution in [0.25, 0.3) is 0 Å². The van der Waals surface area contributed by atoms with Crippen molar-refractivity contribution in [1.29, 1.82) is 0 Å². The lowest BCUT2D eigenvalue weighted by atomic mass is 10.0. The zero-order chi connectivity index (χ0) is 34.5. The number of aryl methyl sites for hydroxylation is 2. The maximum absolute atomic E-state index is 10.4. The van der Waals surface area contributed by atoms with Crippen molar-refractivity contribution < 1.29 is 31.7 Å². The maximum atomic E-state index is 10.4. The second-order valence-corrected chi connectivity index (χ2v) is 15.7. The molecule has 0 unspecified atom stereocenters. The zero-order valence-electron chi connectivity index (χ0n) is 30.3. The SMILES string of the molecule is CCCCCCCCCCCCCCCCCCOC[C@@H]1C[C@@H](COCCCCC[n+]2ccsc2)CO1.Cc1ccc(S(=O)(=O)[O-])cc1. The van der Waals surface area contributed by atoms with E-state index in [0.29, 0.717) is 5.92 Å². The first-order valence-corrected chi connectivity index (χ1v) is 21.4. The van der Waals surface area contributed by atoms with Crippen LogP contribution in [0, 0.1) is 12.8 Å². The van der Waals surface area contributed by atoms with Crippen LogP contribution < -0.4 is 4.57 Å². The number of hydrogen-bond donors (Lipinski definition) is 0. The van der Waals surface area contributed by atoms with Crippen molar-refractivity contribution in [2.75, 3.05) is 33.0 Å². The normalized spacial score (nSPS) is 16.2. The van der Waals surface area contributed by atoms with E-state index >= 15 is 0 Å². The Balaban J connectivity index is 0.000000613. The Hall–Kier alpha value is -1.36. The summed E-state index contributed by atoms with van der Waals surface area (Å²) >= 11 is 1.76. The third-order valence-electron chi connectivity index (χ3n) is 9.01. The molecule has 0 bridgehead atoms. The molecule has 1 saturated heterocycles. The third kappa shape index (κ3) is 23.1. The number of unbranched alkanes of at least 4 members (excludes halogenated alkanes) is 17. The van der Waals surface area contributed by atoms with Crippen LogP contribution in [0.15, 0.2) is 46.2 Å².